The first-order valence-corrected chi connectivity index (χ1v) is 8.69. The second kappa shape index (κ2) is 9.56. The van der Waals surface area contributed by atoms with Crippen LogP contribution in [0.15, 0.2) is 0 Å². The summed E-state index contributed by atoms with van der Waals surface area (Å²) in [5.41, 5.74) is 0. The van der Waals surface area contributed by atoms with Gasteiger partial charge in [-0.3, -0.25) is 0 Å². The first kappa shape index (κ1) is 16.7. The quantitative estimate of drug-likeness (QED) is 0.463. The molecule has 1 aliphatic rings. The molecule has 4 atom stereocenters. The van der Waals surface area contributed by atoms with Gasteiger partial charge in [-0.05, 0) is 12.8 Å². The van der Waals surface area contributed by atoms with Crippen LogP contribution in [0, 0.1) is 0 Å². The lowest BCUT2D eigenvalue weighted by Gasteiger charge is -2.20. The van der Waals surface area contributed by atoms with Gasteiger partial charge in [0, 0.05) is 13.2 Å². The van der Waals surface area contributed by atoms with Gasteiger partial charge >= 0.3 is 0 Å². The molecule has 0 bridgehead atoms. The summed E-state index contributed by atoms with van der Waals surface area (Å²) >= 11 is 4.96. The maximum Gasteiger partial charge on any atom is 0.149 e. The Labute approximate surface area is 122 Å². The van der Waals surface area contributed by atoms with Gasteiger partial charge in [-0.1, -0.05) is 42.6 Å². The zero-order valence-electron chi connectivity index (χ0n) is 11.2. The smallest absolute Gasteiger partial charge is 0.149 e. The first-order chi connectivity index (χ1) is 8.70. The third-order valence-electron chi connectivity index (χ3n) is 2.97. The summed E-state index contributed by atoms with van der Waals surface area (Å²) in [6, 6.07) is 0. The maximum absolute atomic E-state index is 14.0. The van der Waals surface area contributed by atoms with E-state index in [1.807, 2.05) is 0 Å². The third-order valence-corrected chi connectivity index (χ3v) is 5.39. The van der Waals surface area contributed by atoms with Crippen LogP contribution < -0.4 is 0 Å². The van der Waals surface area contributed by atoms with Crippen molar-refractivity contribution in [3.05, 3.63) is 0 Å². The maximum atomic E-state index is 14.0. The normalized spacial score (nSPS) is 32.0. The monoisotopic (exact) mass is 342 g/mol. The van der Waals surface area contributed by atoms with Gasteiger partial charge in [0.25, 0.3) is 0 Å². The Morgan fingerprint density at radius 1 is 1.17 bits per heavy atom. The summed E-state index contributed by atoms with van der Waals surface area (Å²) in [7, 11) is 0. The van der Waals surface area contributed by atoms with Gasteiger partial charge < -0.3 is 9.47 Å². The van der Waals surface area contributed by atoms with Crippen molar-refractivity contribution in [2.75, 3.05) is 19.8 Å². The molecule has 0 N–H and O–H groups in total. The molecule has 0 aromatic rings. The van der Waals surface area contributed by atoms with Crippen molar-refractivity contribution >= 4 is 27.7 Å². The van der Waals surface area contributed by atoms with E-state index < -0.39 is 6.17 Å². The molecule has 1 rings (SSSR count). The fourth-order valence-electron chi connectivity index (χ4n) is 1.82. The summed E-state index contributed by atoms with van der Waals surface area (Å²) in [4.78, 5) is 0. The number of rotatable bonds is 9. The number of unbranched alkanes of at least 4 members (excludes halogenated alkanes) is 2. The second-order valence-electron chi connectivity index (χ2n) is 4.59. The average Bonchev–Trinajstić information content (AvgIpc) is 2.63. The van der Waals surface area contributed by atoms with Crippen molar-refractivity contribution in [1.29, 1.82) is 0 Å². The van der Waals surface area contributed by atoms with Crippen molar-refractivity contribution in [2.24, 2.45) is 0 Å². The van der Waals surface area contributed by atoms with Crippen LogP contribution in [-0.4, -0.2) is 41.5 Å². The van der Waals surface area contributed by atoms with E-state index in [0.717, 1.165) is 32.3 Å². The fourth-order valence-corrected chi connectivity index (χ4v) is 4.15. The molecule has 0 aromatic carbocycles. The average molecular weight is 343 g/mol. The van der Waals surface area contributed by atoms with Crippen LogP contribution in [0.2, 0.25) is 0 Å². The molecule has 1 unspecified atom stereocenters. The van der Waals surface area contributed by atoms with Crippen molar-refractivity contribution in [1.82, 2.24) is 0 Å². The first-order valence-electron chi connectivity index (χ1n) is 6.83. The molecule has 108 valence electrons. The SMILES string of the molecule is CCCCOC[C@H]1SC(Br)[C@@H](F)[C@@H]1OCCCC. The molecule has 2 nitrogen and oxygen atoms in total. The highest BCUT2D eigenvalue weighted by molar-refractivity contribution is 9.11. The Bertz CT molecular complexity index is 221. The summed E-state index contributed by atoms with van der Waals surface area (Å²) in [6.45, 7) is 6.24. The predicted molar refractivity (Wildman–Crippen MR) is 79.4 cm³/mol. The van der Waals surface area contributed by atoms with Crippen LogP contribution >= 0.6 is 27.7 Å². The van der Waals surface area contributed by atoms with E-state index in [9.17, 15) is 4.39 Å². The van der Waals surface area contributed by atoms with Crippen LogP contribution in [0.1, 0.15) is 39.5 Å². The summed E-state index contributed by atoms with van der Waals surface area (Å²) < 4.78 is 25.1. The zero-order chi connectivity index (χ0) is 13.4. The number of ether oxygens (including phenoxy) is 2. The van der Waals surface area contributed by atoms with Gasteiger partial charge in [-0.25, -0.2) is 4.39 Å². The summed E-state index contributed by atoms with van der Waals surface area (Å²) in [6.07, 6.45) is 2.99. The number of hydrogen-bond acceptors (Lipinski definition) is 3. The Hall–Kier alpha value is 0.680. The topological polar surface area (TPSA) is 18.5 Å². The van der Waals surface area contributed by atoms with Gasteiger partial charge in [0.1, 0.15) is 12.3 Å². The molecule has 18 heavy (non-hydrogen) atoms. The van der Waals surface area contributed by atoms with Crippen LogP contribution in [0.3, 0.4) is 0 Å². The van der Waals surface area contributed by atoms with Crippen molar-refractivity contribution in [2.45, 2.75) is 61.2 Å². The lowest BCUT2D eigenvalue weighted by atomic mass is 10.2. The van der Waals surface area contributed by atoms with Crippen LogP contribution in [0.25, 0.3) is 0 Å². The molecule has 0 amide bonds. The molecule has 1 saturated heterocycles. The highest BCUT2D eigenvalue weighted by Crippen LogP contribution is 2.41. The van der Waals surface area contributed by atoms with E-state index in [1.54, 1.807) is 11.8 Å². The predicted octanol–water partition coefficient (Wildman–Crippen LogP) is 4.16. The lowest BCUT2D eigenvalue weighted by molar-refractivity contribution is -0.00831. The molecular formula is C13H24BrFO2S. The minimum absolute atomic E-state index is 0.109. The number of alkyl halides is 2. The second-order valence-corrected chi connectivity index (χ2v) is 7.57. The van der Waals surface area contributed by atoms with Crippen LogP contribution in [-0.2, 0) is 9.47 Å². The fraction of sp³-hybridized carbons (Fsp3) is 1.00. The van der Waals surface area contributed by atoms with Gasteiger partial charge in [-0.15, -0.1) is 11.8 Å². The van der Waals surface area contributed by atoms with E-state index in [0.29, 0.717) is 13.2 Å². The van der Waals surface area contributed by atoms with Crippen molar-refractivity contribution in [3.8, 4) is 0 Å². The molecule has 1 aliphatic heterocycles. The molecule has 1 heterocycles. The van der Waals surface area contributed by atoms with E-state index >= 15 is 0 Å². The molecule has 1 fully saturated rings. The molecule has 0 saturated carbocycles. The summed E-state index contributed by atoms with van der Waals surface area (Å²) in [5.74, 6) is 0. The zero-order valence-corrected chi connectivity index (χ0v) is 13.6. The van der Waals surface area contributed by atoms with Gasteiger partial charge in [0.15, 0.2) is 0 Å². The minimum Gasteiger partial charge on any atom is -0.380 e. The van der Waals surface area contributed by atoms with E-state index in [4.69, 9.17) is 9.47 Å². The Morgan fingerprint density at radius 3 is 2.50 bits per heavy atom. The number of thioether (sulfide) groups is 1. The standard InChI is InChI=1S/C13H24BrFO2S/c1-3-5-7-16-9-10-12(17-8-6-4-2)11(15)13(14)18-10/h10-13H,3-9H2,1-2H3/t10-,11+,12-,13?/m1/s1. The Morgan fingerprint density at radius 2 is 1.83 bits per heavy atom. The highest BCUT2D eigenvalue weighted by Gasteiger charge is 2.44. The molecular weight excluding hydrogens is 319 g/mol. The van der Waals surface area contributed by atoms with Crippen LogP contribution in [0.4, 0.5) is 4.39 Å². The molecule has 0 aliphatic carbocycles. The van der Waals surface area contributed by atoms with Crippen molar-refractivity contribution < 1.29 is 13.9 Å². The Balaban J connectivity index is 2.32. The minimum atomic E-state index is -0.938. The van der Waals surface area contributed by atoms with Gasteiger partial charge in [-0.2, -0.15) is 0 Å². The van der Waals surface area contributed by atoms with E-state index in [-0.39, 0.29) is 15.5 Å². The van der Waals surface area contributed by atoms with Crippen molar-refractivity contribution in [3.63, 3.8) is 0 Å². The van der Waals surface area contributed by atoms with Gasteiger partial charge in [0.2, 0.25) is 0 Å². The highest BCUT2D eigenvalue weighted by atomic mass is 79.9. The van der Waals surface area contributed by atoms with Crippen LogP contribution in [0.5, 0.6) is 0 Å². The summed E-state index contributed by atoms with van der Waals surface area (Å²) in [5, 5.41) is 0.109. The Kier molecular flexibility index (Phi) is 8.89. The molecule has 5 heteroatoms. The lowest BCUT2D eigenvalue weighted by Crippen LogP contribution is -2.34. The van der Waals surface area contributed by atoms with Gasteiger partial charge in [0.05, 0.1) is 16.0 Å². The number of hydrogen-bond donors (Lipinski definition) is 0. The van der Waals surface area contributed by atoms with E-state index in [1.165, 1.54) is 0 Å². The molecule has 0 radical (unpaired) electrons. The largest absolute Gasteiger partial charge is 0.380 e. The van der Waals surface area contributed by atoms with E-state index in [2.05, 4.69) is 29.8 Å². The molecule has 0 spiro atoms. The molecule has 0 aromatic heterocycles. The third kappa shape index (κ3) is 5.35. The number of halogens is 2.